The predicted molar refractivity (Wildman–Crippen MR) is 118 cm³/mol. The van der Waals surface area contributed by atoms with E-state index in [9.17, 15) is 0 Å². The van der Waals surface area contributed by atoms with Crippen molar-refractivity contribution in [2.45, 2.75) is 33.3 Å². The Morgan fingerprint density at radius 1 is 1.14 bits per heavy atom. The summed E-state index contributed by atoms with van der Waals surface area (Å²) in [6, 6.07) is 16.2. The first-order valence-corrected chi connectivity index (χ1v) is 10.2. The van der Waals surface area contributed by atoms with Crippen LogP contribution < -0.4 is 15.8 Å². The van der Waals surface area contributed by atoms with E-state index in [-0.39, 0.29) is 6.10 Å². The van der Waals surface area contributed by atoms with Crippen molar-refractivity contribution < 1.29 is 4.74 Å². The third kappa shape index (κ3) is 5.82. The number of guanidine groups is 1. The smallest absolute Gasteiger partial charge is 0.193 e. The molecule has 3 rings (SSSR count). The highest BCUT2D eigenvalue weighted by Gasteiger charge is 2.03. The highest BCUT2D eigenvalue weighted by Crippen LogP contribution is 2.22. The molecule has 2 aromatic carbocycles. The topological polar surface area (TPSA) is 72.5 Å². The average molecular weight is 395 g/mol. The molecular weight excluding hydrogens is 368 g/mol. The van der Waals surface area contributed by atoms with Crippen LogP contribution in [0, 0.1) is 6.92 Å². The quantitative estimate of drug-likeness (QED) is 0.443. The molecule has 5 nitrogen and oxygen atoms in total. The van der Waals surface area contributed by atoms with Gasteiger partial charge in [0.15, 0.2) is 5.96 Å². The second-order valence-electron chi connectivity index (χ2n) is 6.78. The highest BCUT2D eigenvalue weighted by atomic mass is 32.1. The number of nitrogens with zero attached hydrogens (tertiary/aromatic N) is 2. The van der Waals surface area contributed by atoms with Crippen LogP contribution in [-0.4, -0.2) is 23.6 Å². The van der Waals surface area contributed by atoms with Crippen molar-refractivity contribution in [3.8, 4) is 17.0 Å². The lowest BCUT2D eigenvalue weighted by Crippen LogP contribution is -2.23. The van der Waals surface area contributed by atoms with Gasteiger partial charge in [-0.15, -0.1) is 11.3 Å². The fourth-order valence-electron chi connectivity index (χ4n) is 2.72. The second kappa shape index (κ2) is 9.37. The van der Waals surface area contributed by atoms with E-state index in [2.05, 4.69) is 44.9 Å². The molecule has 1 aromatic heterocycles. The number of hydrogen-bond acceptors (Lipinski definition) is 4. The number of aryl methyl sites for hydroxylation is 1. The largest absolute Gasteiger partial charge is 0.491 e. The highest BCUT2D eigenvalue weighted by molar-refractivity contribution is 7.09. The number of hydrogen-bond donors (Lipinski definition) is 2. The van der Waals surface area contributed by atoms with Gasteiger partial charge in [0.2, 0.25) is 0 Å². The molecule has 146 valence electrons. The van der Waals surface area contributed by atoms with Gasteiger partial charge >= 0.3 is 0 Å². The van der Waals surface area contributed by atoms with E-state index in [4.69, 9.17) is 10.5 Å². The molecule has 6 heteroatoms. The molecule has 28 heavy (non-hydrogen) atoms. The molecular formula is C22H26N4OS. The number of nitrogens with one attached hydrogen (secondary N) is 1. The van der Waals surface area contributed by atoms with E-state index in [0.717, 1.165) is 34.1 Å². The third-order valence-electron chi connectivity index (χ3n) is 4.05. The van der Waals surface area contributed by atoms with Crippen molar-refractivity contribution >= 4 is 23.0 Å². The maximum absolute atomic E-state index is 5.99. The van der Waals surface area contributed by atoms with Gasteiger partial charge in [0.25, 0.3) is 0 Å². The summed E-state index contributed by atoms with van der Waals surface area (Å²) in [6.45, 7) is 6.66. The predicted octanol–water partition coefficient (Wildman–Crippen LogP) is 4.88. The molecule has 3 aromatic rings. The van der Waals surface area contributed by atoms with E-state index in [1.807, 2.05) is 45.0 Å². The summed E-state index contributed by atoms with van der Waals surface area (Å²) in [7, 11) is 0. The molecule has 0 amide bonds. The van der Waals surface area contributed by atoms with E-state index in [1.54, 1.807) is 11.3 Å². The lowest BCUT2D eigenvalue weighted by atomic mass is 10.1. The van der Waals surface area contributed by atoms with Crippen LogP contribution in [0.1, 0.15) is 24.4 Å². The summed E-state index contributed by atoms with van der Waals surface area (Å²) in [6.07, 6.45) is 0.991. The molecule has 0 saturated carbocycles. The van der Waals surface area contributed by atoms with E-state index in [1.165, 1.54) is 5.56 Å². The van der Waals surface area contributed by atoms with Gasteiger partial charge in [0.1, 0.15) is 5.75 Å². The van der Waals surface area contributed by atoms with Gasteiger partial charge in [0.05, 0.1) is 16.8 Å². The van der Waals surface area contributed by atoms with Crippen LogP contribution in [0.25, 0.3) is 11.3 Å². The zero-order valence-corrected chi connectivity index (χ0v) is 17.3. The first kappa shape index (κ1) is 19.9. The van der Waals surface area contributed by atoms with Gasteiger partial charge in [-0.3, -0.25) is 4.99 Å². The maximum atomic E-state index is 5.99. The SMILES string of the molecule is Cc1nc(-c2ccc(CCN=C(N)Nc3ccc(OC(C)C)cc3)cc2)cs1. The lowest BCUT2D eigenvalue weighted by Gasteiger charge is -2.11. The molecule has 0 aliphatic carbocycles. The fraction of sp³-hybridized carbons (Fsp3) is 0.273. The van der Waals surface area contributed by atoms with Crippen LogP contribution in [0.3, 0.4) is 0 Å². The van der Waals surface area contributed by atoms with Crippen molar-refractivity contribution in [3.05, 3.63) is 64.5 Å². The minimum absolute atomic E-state index is 0.158. The minimum Gasteiger partial charge on any atom is -0.491 e. The molecule has 0 unspecified atom stereocenters. The number of anilines is 1. The summed E-state index contributed by atoms with van der Waals surface area (Å²) in [4.78, 5) is 8.93. The molecule has 0 saturated heterocycles. The van der Waals surface area contributed by atoms with E-state index < -0.39 is 0 Å². The van der Waals surface area contributed by atoms with Crippen LogP contribution in [0.15, 0.2) is 58.9 Å². The van der Waals surface area contributed by atoms with Gasteiger partial charge in [-0.05, 0) is 57.0 Å². The Labute approximate surface area is 170 Å². The summed E-state index contributed by atoms with van der Waals surface area (Å²) in [5.41, 5.74) is 10.3. The first-order valence-electron chi connectivity index (χ1n) is 9.35. The van der Waals surface area contributed by atoms with Gasteiger partial charge in [-0.25, -0.2) is 4.98 Å². The zero-order chi connectivity index (χ0) is 19.9. The third-order valence-corrected chi connectivity index (χ3v) is 4.82. The van der Waals surface area contributed by atoms with Crippen LogP contribution in [0.2, 0.25) is 0 Å². The monoisotopic (exact) mass is 394 g/mol. The molecule has 0 atom stereocenters. The Morgan fingerprint density at radius 2 is 1.86 bits per heavy atom. The first-order chi connectivity index (χ1) is 13.5. The number of benzene rings is 2. The normalized spacial score (nSPS) is 11.6. The lowest BCUT2D eigenvalue weighted by molar-refractivity contribution is 0.242. The Kier molecular flexibility index (Phi) is 6.66. The number of aliphatic imine (C=N–C) groups is 1. The molecule has 0 radical (unpaired) electrons. The van der Waals surface area contributed by atoms with Crippen molar-refractivity contribution in [2.75, 3.05) is 11.9 Å². The molecule has 0 aliphatic rings. The molecule has 3 N–H and O–H groups in total. The summed E-state index contributed by atoms with van der Waals surface area (Å²) < 4.78 is 5.63. The number of aromatic nitrogens is 1. The maximum Gasteiger partial charge on any atom is 0.193 e. The average Bonchev–Trinajstić information content (AvgIpc) is 3.10. The number of rotatable bonds is 7. The van der Waals surface area contributed by atoms with Crippen LogP contribution in [0.4, 0.5) is 5.69 Å². The second-order valence-corrected chi connectivity index (χ2v) is 7.84. The Morgan fingerprint density at radius 3 is 2.46 bits per heavy atom. The molecule has 0 bridgehead atoms. The Hall–Kier alpha value is -2.86. The summed E-state index contributed by atoms with van der Waals surface area (Å²) >= 11 is 1.67. The van der Waals surface area contributed by atoms with Gasteiger partial charge in [-0.2, -0.15) is 0 Å². The Bertz CT molecular complexity index is 914. The van der Waals surface area contributed by atoms with Gasteiger partial charge in [0, 0.05) is 23.2 Å². The number of ether oxygens (including phenoxy) is 1. The van der Waals surface area contributed by atoms with Crippen LogP contribution in [0.5, 0.6) is 5.75 Å². The van der Waals surface area contributed by atoms with E-state index in [0.29, 0.717) is 12.5 Å². The van der Waals surface area contributed by atoms with Crippen LogP contribution >= 0.6 is 11.3 Å². The molecule has 0 aliphatic heterocycles. The number of thiazole rings is 1. The molecule has 0 spiro atoms. The zero-order valence-electron chi connectivity index (χ0n) is 16.5. The van der Waals surface area contributed by atoms with E-state index >= 15 is 0 Å². The van der Waals surface area contributed by atoms with Crippen molar-refractivity contribution in [2.24, 2.45) is 10.7 Å². The summed E-state index contributed by atoms with van der Waals surface area (Å²) in [5, 5.41) is 6.27. The molecule has 0 fully saturated rings. The van der Waals surface area contributed by atoms with Gasteiger partial charge in [-0.1, -0.05) is 24.3 Å². The minimum atomic E-state index is 0.158. The van der Waals surface area contributed by atoms with Gasteiger partial charge < -0.3 is 15.8 Å². The summed E-state index contributed by atoms with van der Waals surface area (Å²) in [5.74, 6) is 1.25. The Balaban J connectivity index is 1.49. The molecule has 1 heterocycles. The van der Waals surface area contributed by atoms with Crippen molar-refractivity contribution in [1.29, 1.82) is 0 Å². The van der Waals surface area contributed by atoms with Crippen LogP contribution in [-0.2, 0) is 6.42 Å². The number of nitrogens with two attached hydrogens (primary N) is 1. The fourth-order valence-corrected chi connectivity index (χ4v) is 3.34. The van der Waals surface area contributed by atoms with Crippen molar-refractivity contribution in [1.82, 2.24) is 4.98 Å². The standard InChI is InChI=1S/C22H26N4OS/c1-15(2)27-20-10-8-19(9-11-20)26-22(23)24-13-12-17-4-6-18(7-5-17)21-14-28-16(3)25-21/h4-11,14-15H,12-13H2,1-3H3,(H3,23,24,26). The van der Waals surface area contributed by atoms with Crippen molar-refractivity contribution in [3.63, 3.8) is 0 Å².